The molecule has 2 aromatic carbocycles. The lowest BCUT2D eigenvalue weighted by Crippen LogP contribution is -2.31. The molecule has 2 N–H and O–H groups in total. The van der Waals surface area contributed by atoms with E-state index in [2.05, 4.69) is 10.2 Å². The third-order valence-electron chi connectivity index (χ3n) is 5.63. The number of phenolic OH excluding ortho intramolecular Hbond substituents is 1. The number of thioether (sulfide) groups is 1. The van der Waals surface area contributed by atoms with Crippen LogP contribution < -0.4 is 9.64 Å². The molecule has 5 rings (SSSR count). The average molecular weight is 556 g/mol. The van der Waals surface area contributed by atoms with Crippen LogP contribution >= 0.6 is 34.7 Å². The van der Waals surface area contributed by atoms with E-state index >= 15 is 0 Å². The van der Waals surface area contributed by atoms with Crippen LogP contribution in [-0.4, -0.2) is 39.2 Å². The predicted molar refractivity (Wildman–Crippen MR) is 139 cm³/mol. The van der Waals surface area contributed by atoms with Gasteiger partial charge in [-0.05, 0) is 41.5 Å². The first-order valence-corrected chi connectivity index (χ1v) is 13.0. The molecule has 0 aliphatic carbocycles. The highest BCUT2D eigenvalue weighted by Gasteiger charge is 2.47. The molecule has 0 radical (unpaired) electrons. The molecule has 2 aromatic heterocycles. The Balaban J connectivity index is 1.52. The zero-order chi connectivity index (χ0) is 26.1. The predicted octanol–water partition coefficient (Wildman–Crippen LogP) is 5.57. The van der Waals surface area contributed by atoms with E-state index in [-0.39, 0.29) is 28.0 Å². The van der Waals surface area contributed by atoms with Crippen LogP contribution in [0.5, 0.6) is 11.5 Å². The number of methoxy groups -OCH3 is 1. The zero-order valence-electron chi connectivity index (χ0n) is 19.1. The summed E-state index contributed by atoms with van der Waals surface area (Å²) in [4.78, 5) is 27.8. The summed E-state index contributed by atoms with van der Waals surface area (Å²) in [5.74, 6) is -1.69. The number of Topliss-reactive ketones (excluding diaryl/α,β-unsaturated/α-hetero) is 1. The van der Waals surface area contributed by atoms with E-state index in [1.807, 2.05) is 18.2 Å². The molecular weight excluding hydrogens is 538 g/mol. The van der Waals surface area contributed by atoms with Crippen LogP contribution in [0.2, 0.25) is 5.02 Å². The Kier molecular flexibility index (Phi) is 6.92. The Hall–Kier alpha value is -3.80. The summed E-state index contributed by atoms with van der Waals surface area (Å²) in [6, 6.07) is 13.7. The lowest BCUT2D eigenvalue weighted by atomic mass is 9.95. The van der Waals surface area contributed by atoms with E-state index in [0.717, 1.165) is 16.9 Å². The number of aliphatic hydroxyl groups excluding tert-OH is 1. The van der Waals surface area contributed by atoms with Gasteiger partial charge in [-0.3, -0.25) is 14.5 Å². The number of ether oxygens (including phenoxy) is 1. The second-order valence-electron chi connectivity index (χ2n) is 7.81. The van der Waals surface area contributed by atoms with Crippen molar-refractivity contribution in [2.75, 3.05) is 12.0 Å². The quantitative estimate of drug-likeness (QED) is 0.163. The number of aromatic hydroxyl groups is 1. The van der Waals surface area contributed by atoms with Crippen molar-refractivity contribution in [2.45, 2.75) is 16.1 Å². The molecule has 0 fully saturated rings. The number of aromatic nitrogens is 2. The van der Waals surface area contributed by atoms with Gasteiger partial charge >= 0.3 is 0 Å². The highest BCUT2D eigenvalue weighted by Crippen LogP contribution is 2.45. The molecule has 9 nitrogen and oxygen atoms in total. The Morgan fingerprint density at radius 1 is 1.19 bits per heavy atom. The largest absolute Gasteiger partial charge is 0.504 e. The minimum absolute atomic E-state index is 0.0415. The SMILES string of the molecule is COc1cc(C2C(C(=O)c3ccco3)=C(O)C(=O)N2c2nnc(SCc3ccccc3Cl)s2)ccc1O. The van der Waals surface area contributed by atoms with E-state index in [1.54, 1.807) is 6.07 Å². The summed E-state index contributed by atoms with van der Waals surface area (Å²) < 4.78 is 11.0. The number of nitrogens with zero attached hydrogens (tertiary/aromatic N) is 3. The minimum Gasteiger partial charge on any atom is -0.504 e. The summed E-state index contributed by atoms with van der Waals surface area (Å²) in [7, 11) is 1.38. The van der Waals surface area contributed by atoms with Gasteiger partial charge in [-0.1, -0.05) is 59.0 Å². The second kappa shape index (κ2) is 10.3. The Morgan fingerprint density at radius 3 is 2.73 bits per heavy atom. The first kappa shape index (κ1) is 24.9. The van der Waals surface area contributed by atoms with Crippen molar-refractivity contribution in [2.24, 2.45) is 0 Å². The van der Waals surface area contributed by atoms with Crippen LogP contribution in [0, 0.1) is 0 Å². The van der Waals surface area contributed by atoms with Crippen molar-refractivity contribution in [3.63, 3.8) is 0 Å². The number of benzene rings is 2. The number of amides is 1. The van der Waals surface area contributed by atoms with Crippen molar-refractivity contribution >= 4 is 51.5 Å². The lowest BCUT2D eigenvalue weighted by molar-refractivity contribution is -0.117. The van der Waals surface area contributed by atoms with E-state index in [1.165, 1.54) is 60.4 Å². The summed E-state index contributed by atoms with van der Waals surface area (Å²) in [5, 5.41) is 30.1. The molecule has 188 valence electrons. The molecule has 37 heavy (non-hydrogen) atoms. The molecular formula is C25H18ClN3O6S2. The average Bonchev–Trinajstić information content (AvgIpc) is 3.65. The fourth-order valence-corrected chi connectivity index (χ4v) is 6.02. The maximum Gasteiger partial charge on any atom is 0.296 e. The topological polar surface area (TPSA) is 126 Å². The van der Waals surface area contributed by atoms with Crippen LogP contribution in [0.4, 0.5) is 5.13 Å². The van der Waals surface area contributed by atoms with Crippen LogP contribution in [0.1, 0.15) is 27.7 Å². The van der Waals surface area contributed by atoms with Gasteiger partial charge in [0.25, 0.3) is 5.91 Å². The first-order valence-electron chi connectivity index (χ1n) is 10.8. The van der Waals surface area contributed by atoms with Gasteiger partial charge in [0.15, 0.2) is 27.4 Å². The standard InChI is InChI=1S/C25H18ClN3O6S2/c1-34-18-11-13(8-9-16(18)30)20-19(21(31)17-7-4-10-35-17)22(32)23(33)29(20)24-27-28-25(37-24)36-12-14-5-2-3-6-15(14)26/h2-11,20,30,32H,12H2,1H3. The van der Waals surface area contributed by atoms with E-state index in [9.17, 15) is 19.8 Å². The number of aliphatic hydroxyl groups is 1. The van der Waals surface area contributed by atoms with Crippen LogP contribution in [-0.2, 0) is 10.5 Å². The smallest absolute Gasteiger partial charge is 0.296 e. The van der Waals surface area contributed by atoms with Crippen LogP contribution in [0.3, 0.4) is 0 Å². The molecule has 0 saturated heterocycles. The van der Waals surface area contributed by atoms with Crippen molar-refractivity contribution in [1.29, 1.82) is 0 Å². The van der Waals surface area contributed by atoms with Gasteiger partial charge < -0.3 is 19.4 Å². The van der Waals surface area contributed by atoms with Gasteiger partial charge in [0.1, 0.15) is 0 Å². The van der Waals surface area contributed by atoms with Gasteiger partial charge in [-0.2, -0.15) is 0 Å². The molecule has 0 spiro atoms. The molecule has 12 heteroatoms. The molecule has 4 aromatic rings. The number of carbonyl (C=O) groups is 2. The molecule has 0 saturated carbocycles. The lowest BCUT2D eigenvalue weighted by Gasteiger charge is -2.24. The maximum atomic E-state index is 13.3. The first-order chi connectivity index (χ1) is 17.9. The summed E-state index contributed by atoms with van der Waals surface area (Å²) in [6.07, 6.45) is 1.32. The van der Waals surface area contributed by atoms with Crippen molar-refractivity contribution < 1.29 is 29.0 Å². The third-order valence-corrected chi connectivity index (χ3v) is 8.10. The van der Waals surface area contributed by atoms with Crippen molar-refractivity contribution in [3.05, 3.63) is 94.1 Å². The van der Waals surface area contributed by atoms with Gasteiger partial charge in [-0.15, -0.1) is 10.2 Å². The molecule has 1 aliphatic heterocycles. The van der Waals surface area contributed by atoms with Gasteiger partial charge in [-0.25, -0.2) is 0 Å². The van der Waals surface area contributed by atoms with Gasteiger partial charge in [0, 0.05) is 10.8 Å². The highest BCUT2D eigenvalue weighted by atomic mass is 35.5. The normalized spacial score (nSPS) is 15.5. The third kappa shape index (κ3) is 4.68. The number of halogens is 1. The Labute approximate surface area is 224 Å². The Morgan fingerprint density at radius 2 is 2.00 bits per heavy atom. The number of phenols is 1. The van der Waals surface area contributed by atoms with Crippen molar-refractivity contribution in [1.82, 2.24) is 10.2 Å². The van der Waals surface area contributed by atoms with E-state index < -0.39 is 23.5 Å². The van der Waals surface area contributed by atoms with Crippen LogP contribution in [0.15, 0.2) is 80.9 Å². The molecule has 3 heterocycles. The maximum absolute atomic E-state index is 13.3. The van der Waals surface area contributed by atoms with Gasteiger partial charge in [0.2, 0.25) is 10.9 Å². The van der Waals surface area contributed by atoms with Gasteiger partial charge in [0.05, 0.1) is 25.0 Å². The molecule has 1 atom stereocenters. The monoisotopic (exact) mass is 555 g/mol. The minimum atomic E-state index is -1.08. The Bertz CT molecular complexity index is 1520. The number of hydrogen-bond donors (Lipinski definition) is 2. The number of rotatable bonds is 8. The van der Waals surface area contributed by atoms with Crippen LogP contribution in [0.25, 0.3) is 0 Å². The number of furan rings is 1. The summed E-state index contributed by atoms with van der Waals surface area (Å²) in [5.41, 5.74) is 1.14. The fraction of sp³-hybridized carbons (Fsp3) is 0.120. The molecule has 1 aliphatic rings. The van der Waals surface area contributed by atoms with Crippen molar-refractivity contribution in [3.8, 4) is 11.5 Å². The number of carbonyl (C=O) groups excluding carboxylic acids is 2. The second-order valence-corrected chi connectivity index (χ2v) is 10.4. The highest BCUT2D eigenvalue weighted by molar-refractivity contribution is 8.00. The summed E-state index contributed by atoms with van der Waals surface area (Å²) in [6.45, 7) is 0. The number of anilines is 1. The molecule has 0 bridgehead atoms. The molecule has 1 unspecified atom stereocenters. The van der Waals surface area contributed by atoms with E-state index in [4.69, 9.17) is 20.8 Å². The number of hydrogen-bond acceptors (Lipinski definition) is 10. The fourth-order valence-electron chi connectivity index (χ4n) is 3.87. The zero-order valence-corrected chi connectivity index (χ0v) is 21.5. The van der Waals surface area contributed by atoms with E-state index in [0.29, 0.717) is 20.7 Å². The molecule has 1 amide bonds. The number of ketones is 1. The summed E-state index contributed by atoms with van der Waals surface area (Å²) >= 11 is 8.77.